The molecule has 0 spiro atoms. The Kier molecular flexibility index (Phi) is 5.93. The van der Waals surface area contributed by atoms with E-state index in [0.717, 1.165) is 36.3 Å². The van der Waals surface area contributed by atoms with Gasteiger partial charge in [0.15, 0.2) is 5.82 Å². The molecule has 0 bridgehead atoms. The zero-order valence-corrected chi connectivity index (χ0v) is 16.5. The van der Waals surface area contributed by atoms with Crippen LogP contribution in [0.1, 0.15) is 36.2 Å². The molecule has 1 amide bonds. The molecule has 2 aromatic rings. The van der Waals surface area contributed by atoms with Crippen LogP contribution >= 0.6 is 0 Å². The number of carbonyl (C=O) groups is 1. The monoisotopic (exact) mass is 372 g/mol. The fraction of sp³-hybridized carbons (Fsp3) is 0.579. The Bertz CT molecular complexity index is 769. The largest absolute Gasteiger partial charge is 0.470 e. The third kappa shape index (κ3) is 4.56. The lowest BCUT2D eigenvalue weighted by atomic mass is 10.0. The number of aromatic nitrogens is 4. The molecule has 27 heavy (non-hydrogen) atoms. The molecule has 0 saturated carbocycles. The Balaban J connectivity index is 1.58. The number of piperidine rings is 1. The molecule has 1 aliphatic heterocycles. The van der Waals surface area contributed by atoms with Crippen LogP contribution in [0.4, 0.5) is 5.82 Å². The third-order valence-electron chi connectivity index (χ3n) is 4.95. The lowest BCUT2D eigenvalue weighted by Crippen LogP contribution is -2.44. The molecule has 3 heterocycles. The second kappa shape index (κ2) is 8.37. The van der Waals surface area contributed by atoms with Gasteiger partial charge in [-0.3, -0.25) is 9.89 Å². The first-order valence-corrected chi connectivity index (χ1v) is 9.39. The standard InChI is InChI=1S/C19H28N6O2/c1-13-16(14(2)23-22-13)7-8-17(26)25-11-5-6-15(12-25)27-19-18(24(3)4)20-9-10-21-19/h9-10,15H,5-8,11-12H2,1-4H3,(H,22,23)/t15-/m1/s1. The molecule has 1 aliphatic rings. The van der Waals surface area contributed by atoms with Crippen molar-refractivity contribution >= 4 is 11.7 Å². The van der Waals surface area contributed by atoms with E-state index in [1.54, 1.807) is 12.4 Å². The van der Waals surface area contributed by atoms with Gasteiger partial charge in [0, 0.05) is 45.1 Å². The number of anilines is 1. The molecule has 1 atom stereocenters. The van der Waals surface area contributed by atoms with Crippen molar-refractivity contribution < 1.29 is 9.53 Å². The summed E-state index contributed by atoms with van der Waals surface area (Å²) in [5.74, 6) is 1.38. The van der Waals surface area contributed by atoms with Crippen molar-refractivity contribution in [1.29, 1.82) is 0 Å². The van der Waals surface area contributed by atoms with E-state index in [4.69, 9.17) is 4.74 Å². The summed E-state index contributed by atoms with van der Waals surface area (Å²) in [6.45, 7) is 5.33. The number of hydrogen-bond donors (Lipinski definition) is 1. The van der Waals surface area contributed by atoms with Crippen LogP contribution in [0.2, 0.25) is 0 Å². The maximum Gasteiger partial charge on any atom is 0.257 e. The van der Waals surface area contributed by atoms with Crippen LogP contribution in [0.25, 0.3) is 0 Å². The number of H-pyrrole nitrogens is 1. The first-order valence-electron chi connectivity index (χ1n) is 9.39. The Hall–Kier alpha value is -2.64. The van der Waals surface area contributed by atoms with Gasteiger partial charge >= 0.3 is 0 Å². The van der Waals surface area contributed by atoms with Crippen molar-refractivity contribution in [3.05, 3.63) is 29.3 Å². The summed E-state index contributed by atoms with van der Waals surface area (Å²) in [5.41, 5.74) is 3.15. The lowest BCUT2D eigenvalue weighted by Gasteiger charge is -2.33. The van der Waals surface area contributed by atoms with Crippen LogP contribution in [0, 0.1) is 13.8 Å². The molecule has 1 fully saturated rings. The van der Waals surface area contributed by atoms with Crippen molar-refractivity contribution in [3.63, 3.8) is 0 Å². The second-order valence-electron chi connectivity index (χ2n) is 7.21. The number of rotatable bonds is 6. The highest BCUT2D eigenvalue weighted by Gasteiger charge is 2.26. The van der Waals surface area contributed by atoms with Gasteiger partial charge in [0.1, 0.15) is 6.10 Å². The average Bonchev–Trinajstić information content (AvgIpc) is 2.98. The van der Waals surface area contributed by atoms with Gasteiger partial charge in [-0.15, -0.1) is 0 Å². The zero-order valence-electron chi connectivity index (χ0n) is 16.5. The van der Waals surface area contributed by atoms with Gasteiger partial charge in [-0.05, 0) is 38.7 Å². The van der Waals surface area contributed by atoms with E-state index in [-0.39, 0.29) is 12.0 Å². The Morgan fingerprint density at radius 2 is 2.11 bits per heavy atom. The van der Waals surface area contributed by atoms with Gasteiger partial charge in [0.2, 0.25) is 5.91 Å². The summed E-state index contributed by atoms with van der Waals surface area (Å²) >= 11 is 0. The molecule has 8 nitrogen and oxygen atoms in total. The molecule has 0 aromatic carbocycles. The maximum absolute atomic E-state index is 12.7. The van der Waals surface area contributed by atoms with Crippen LogP contribution in [0.15, 0.2) is 12.4 Å². The molecule has 2 aromatic heterocycles. The van der Waals surface area contributed by atoms with Crippen LogP contribution in [0.3, 0.4) is 0 Å². The number of aryl methyl sites for hydroxylation is 2. The van der Waals surface area contributed by atoms with E-state index in [9.17, 15) is 4.79 Å². The quantitative estimate of drug-likeness (QED) is 0.833. The van der Waals surface area contributed by atoms with Crippen molar-refractivity contribution in [2.24, 2.45) is 0 Å². The Morgan fingerprint density at radius 3 is 2.81 bits per heavy atom. The third-order valence-corrected chi connectivity index (χ3v) is 4.95. The molecule has 0 radical (unpaired) electrons. The van der Waals surface area contributed by atoms with E-state index in [1.165, 1.54) is 0 Å². The zero-order chi connectivity index (χ0) is 19.4. The number of hydrogen-bond acceptors (Lipinski definition) is 6. The first-order chi connectivity index (χ1) is 13.0. The summed E-state index contributed by atoms with van der Waals surface area (Å²) in [5, 5.41) is 7.18. The fourth-order valence-electron chi connectivity index (χ4n) is 3.46. The minimum absolute atomic E-state index is 0.0597. The number of nitrogens with one attached hydrogen (secondary N) is 1. The normalized spacial score (nSPS) is 17.0. The van der Waals surface area contributed by atoms with E-state index >= 15 is 0 Å². The van der Waals surface area contributed by atoms with Crippen molar-refractivity contribution in [2.75, 3.05) is 32.1 Å². The molecule has 0 unspecified atom stereocenters. The number of carbonyl (C=O) groups excluding carboxylic acids is 1. The number of nitrogens with zero attached hydrogens (tertiary/aromatic N) is 5. The van der Waals surface area contributed by atoms with E-state index in [1.807, 2.05) is 37.7 Å². The summed E-state index contributed by atoms with van der Waals surface area (Å²) in [4.78, 5) is 25.1. The van der Waals surface area contributed by atoms with Crippen LogP contribution < -0.4 is 9.64 Å². The molecule has 146 valence electrons. The van der Waals surface area contributed by atoms with Gasteiger partial charge in [0.05, 0.1) is 12.2 Å². The first kappa shape index (κ1) is 19.1. The molecule has 0 aliphatic carbocycles. The SMILES string of the molecule is Cc1n[nH]c(C)c1CCC(=O)N1CCC[C@@H](Oc2nccnc2N(C)C)C1. The van der Waals surface area contributed by atoms with Gasteiger partial charge in [-0.2, -0.15) is 5.10 Å². The number of likely N-dealkylation sites (tertiary alicyclic amines) is 1. The average molecular weight is 372 g/mol. The lowest BCUT2D eigenvalue weighted by molar-refractivity contribution is -0.133. The predicted molar refractivity (Wildman–Crippen MR) is 103 cm³/mol. The molecular formula is C19H28N6O2. The van der Waals surface area contributed by atoms with Crippen molar-refractivity contribution in [3.8, 4) is 5.88 Å². The topological polar surface area (TPSA) is 87.2 Å². The molecule has 1 N–H and O–H groups in total. The van der Waals surface area contributed by atoms with Crippen molar-refractivity contribution in [1.82, 2.24) is 25.1 Å². The van der Waals surface area contributed by atoms with E-state index in [2.05, 4.69) is 20.2 Å². The summed E-state index contributed by atoms with van der Waals surface area (Å²) in [7, 11) is 3.82. The van der Waals surface area contributed by atoms with Gasteiger partial charge in [-0.25, -0.2) is 9.97 Å². The van der Waals surface area contributed by atoms with Crippen LogP contribution in [0.5, 0.6) is 5.88 Å². The highest BCUT2D eigenvalue weighted by molar-refractivity contribution is 5.76. The number of ether oxygens (including phenoxy) is 1. The van der Waals surface area contributed by atoms with Gasteiger partial charge in [-0.1, -0.05) is 0 Å². The smallest absolute Gasteiger partial charge is 0.257 e. The number of amides is 1. The van der Waals surface area contributed by atoms with Crippen molar-refractivity contribution in [2.45, 2.75) is 45.6 Å². The highest BCUT2D eigenvalue weighted by atomic mass is 16.5. The van der Waals surface area contributed by atoms with Crippen LogP contribution in [-0.4, -0.2) is 64.3 Å². The summed E-state index contributed by atoms with van der Waals surface area (Å²) < 4.78 is 6.09. The predicted octanol–water partition coefficient (Wildman–Crippen LogP) is 1.89. The van der Waals surface area contributed by atoms with Gasteiger partial charge in [0.25, 0.3) is 5.88 Å². The number of aromatic amines is 1. The summed E-state index contributed by atoms with van der Waals surface area (Å²) in [6.07, 6.45) is 6.26. The minimum Gasteiger partial charge on any atom is -0.470 e. The van der Waals surface area contributed by atoms with E-state index in [0.29, 0.717) is 31.1 Å². The van der Waals surface area contributed by atoms with E-state index < -0.39 is 0 Å². The fourth-order valence-corrected chi connectivity index (χ4v) is 3.46. The molecule has 1 saturated heterocycles. The molecule has 3 rings (SSSR count). The highest BCUT2D eigenvalue weighted by Crippen LogP contribution is 2.24. The van der Waals surface area contributed by atoms with Gasteiger partial charge < -0.3 is 14.5 Å². The molecular weight excluding hydrogens is 344 g/mol. The summed E-state index contributed by atoms with van der Waals surface area (Å²) in [6, 6.07) is 0. The Labute approximate surface area is 159 Å². The second-order valence-corrected chi connectivity index (χ2v) is 7.21. The maximum atomic E-state index is 12.7. The van der Waals surface area contributed by atoms with Crippen LogP contribution in [-0.2, 0) is 11.2 Å². The minimum atomic E-state index is -0.0597. The molecule has 8 heteroatoms. The Morgan fingerprint density at radius 1 is 1.33 bits per heavy atom.